The van der Waals surface area contributed by atoms with E-state index in [1.807, 2.05) is 55.6 Å². The minimum absolute atomic E-state index is 0.00722. The van der Waals surface area contributed by atoms with Gasteiger partial charge in [-0.25, -0.2) is 14.4 Å². The van der Waals surface area contributed by atoms with Crippen molar-refractivity contribution in [3.05, 3.63) is 125 Å². The Bertz CT molecular complexity index is 5140. The van der Waals surface area contributed by atoms with Gasteiger partial charge < -0.3 is 81.6 Å². The van der Waals surface area contributed by atoms with E-state index < -0.39 is 87.6 Å². The van der Waals surface area contributed by atoms with Gasteiger partial charge in [0, 0.05) is 93.3 Å². The van der Waals surface area contributed by atoms with Crippen LogP contribution >= 0.6 is 23.5 Å². The van der Waals surface area contributed by atoms with Crippen LogP contribution in [-0.2, 0) is 60.6 Å². The first kappa shape index (κ1) is 77.9. The quantitative estimate of drug-likeness (QED) is 0.0510. The molecule has 0 aliphatic carbocycles. The molecule has 0 saturated carbocycles. The highest BCUT2D eigenvalue weighted by molar-refractivity contribution is 7.99. The van der Waals surface area contributed by atoms with Crippen LogP contribution in [0.25, 0.3) is 0 Å². The molecule has 4 saturated heterocycles. The van der Waals surface area contributed by atoms with E-state index >= 15 is 4.79 Å². The normalized spacial score (nSPS) is 28.3. The molecule has 0 radical (unpaired) electrons. The van der Waals surface area contributed by atoms with Crippen LogP contribution in [0, 0.1) is 50.4 Å². The predicted molar refractivity (Wildman–Crippen MR) is 421 cm³/mol. The van der Waals surface area contributed by atoms with Gasteiger partial charge in [-0.3, -0.25) is 30.2 Å². The molecule has 28 nitrogen and oxygen atoms in total. The minimum atomic E-state index is -1.37. The van der Waals surface area contributed by atoms with Crippen molar-refractivity contribution >= 4 is 41.6 Å². The third kappa shape index (κ3) is 11.7. The summed E-state index contributed by atoms with van der Waals surface area (Å²) in [7, 11) is 10.2. The number of benzene rings is 6. The fraction of sp³-hybridized carbons (Fsp3) is 0.518. The lowest BCUT2D eigenvalue weighted by atomic mass is 9.71. The number of hydrogen-bond acceptors (Lipinski definition) is 30. The van der Waals surface area contributed by atoms with Gasteiger partial charge in [0.2, 0.25) is 13.6 Å². The Morgan fingerprint density at radius 3 is 1.42 bits per heavy atom. The van der Waals surface area contributed by atoms with Gasteiger partial charge in [-0.15, -0.1) is 23.5 Å². The van der Waals surface area contributed by atoms with Gasteiger partial charge in [0.15, 0.2) is 80.1 Å². The average Bonchev–Trinajstić information content (AvgIpc) is 1.50. The zero-order valence-electron chi connectivity index (χ0n) is 67.1. The number of aromatic hydroxyl groups is 3. The second-order valence-corrected chi connectivity index (χ2v) is 34.7. The molecule has 0 amide bonds. The maximum absolute atomic E-state index is 15.0. The number of nitrogens with one attached hydrogen (secondary N) is 2. The molecule has 5 N–H and O–H groups in total. The third-order valence-corrected chi connectivity index (χ3v) is 28.5. The number of likely N-dealkylation sites (N-methyl/N-ethyl adjacent to an activating group) is 2. The van der Waals surface area contributed by atoms with E-state index in [0.717, 1.165) is 77.9 Å². The van der Waals surface area contributed by atoms with Gasteiger partial charge in [0.25, 0.3) is 0 Å². The highest BCUT2D eigenvalue weighted by atomic mass is 32.2. The lowest BCUT2D eigenvalue weighted by Crippen LogP contribution is -2.69. The summed E-state index contributed by atoms with van der Waals surface area (Å²) in [5.41, 5.74) is 9.61. The van der Waals surface area contributed by atoms with Gasteiger partial charge in [-0.1, -0.05) is 12.1 Å². The summed E-state index contributed by atoms with van der Waals surface area (Å²) in [6.45, 7) is 18.4. The maximum atomic E-state index is 15.0. The van der Waals surface area contributed by atoms with Gasteiger partial charge in [0.1, 0.15) is 42.4 Å². The van der Waals surface area contributed by atoms with Crippen molar-refractivity contribution in [3.8, 4) is 92.6 Å². The van der Waals surface area contributed by atoms with Crippen molar-refractivity contribution in [1.29, 1.82) is 10.5 Å². The lowest BCUT2D eigenvalue weighted by Gasteiger charge is -2.62. The summed E-state index contributed by atoms with van der Waals surface area (Å²) in [6.07, 6.45) is 1.31. The molecule has 0 aromatic heterocycles. The Labute approximate surface area is 675 Å². The molecule has 14 aliphatic rings. The molecule has 14 atom stereocenters. The largest absolute Gasteiger partial charge is 0.514 e. The molecular formula is C85H96N8O20S2. The number of rotatable bonds is 9. The molecule has 20 rings (SSSR count). The summed E-state index contributed by atoms with van der Waals surface area (Å²) < 4.78 is 85.1. The highest BCUT2D eigenvalue weighted by Gasteiger charge is 2.65. The second kappa shape index (κ2) is 29.2. The minimum Gasteiger partial charge on any atom is -0.504 e. The Morgan fingerprint density at radius 2 is 1.00 bits per heavy atom. The number of phenols is 3. The fourth-order valence-corrected chi connectivity index (χ4v) is 24.3. The van der Waals surface area contributed by atoms with Crippen molar-refractivity contribution < 1.29 is 96.0 Å². The second-order valence-electron chi connectivity index (χ2n) is 32.4. The molecule has 8 bridgehead atoms. The van der Waals surface area contributed by atoms with Crippen LogP contribution in [0.1, 0.15) is 158 Å². The summed E-state index contributed by atoms with van der Waals surface area (Å²) in [4.78, 5) is 51.6. The van der Waals surface area contributed by atoms with Crippen LogP contribution in [0.3, 0.4) is 0 Å². The van der Waals surface area contributed by atoms with Crippen LogP contribution in [-0.4, -0.2) is 202 Å². The predicted octanol–water partition coefficient (Wildman–Crippen LogP) is 10.5. The maximum Gasteiger partial charge on any atom is 0.514 e. The molecule has 14 aliphatic heterocycles. The number of aryl methyl sites for hydroxylation is 2. The fourth-order valence-electron chi connectivity index (χ4n) is 20.9. The van der Waals surface area contributed by atoms with E-state index in [0.29, 0.717) is 109 Å². The van der Waals surface area contributed by atoms with Crippen LogP contribution in [0.2, 0.25) is 0 Å². The molecule has 14 heterocycles. The molecule has 2 spiro atoms. The number of nitriles is 2. The number of hydrogen-bond donors (Lipinski definition) is 5. The Morgan fingerprint density at radius 1 is 0.565 bits per heavy atom. The van der Waals surface area contributed by atoms with Crippen molar-refractivity contribution in [2.24, 2.45) is 0 Å². The van der Waals surface area contributed by atoms with Crippen molar-refractivity contribution in [3.63, 3.8) is 0 Å². The zero-order chi connectivity index (χ0) is 81.1. The van der Waals surface area contributed by atoms with Gasteiger partial charge >= 0.3 is 18.1 Å². The number of ether oxygens (including phenoxy) is 14. The number of fused-ring (bicyclic) bond motifs is 18. The number of methoxy groups -OCH3 is 4. The highest BCUT2D eigenvalue weighted by Crippen LogP contribution is 2.68. The SMILES string of the molecule is CCOc1c(C)c2c(c3c1[C@H]1SC[C@]4(NCCc5cc(O)c(OC)cc54)C(=O)OC[C@@H]3N3C1[C@H]1c4c(cc(C)c(OC)c4O)C[C@@H]([C@@H]3C#N)N1C)OCO2.CCOc1c(C)c2c(c3c1[C@H]1SC[C@]4(NCCc5cc(OC(=O)OC(C)(C)C)c(OC)cc54)C(=O)OC[C@@H]3N3C1[C@H]1c4c(cc(C)c(OC)c4O)C[C@@H]([C@@H]3C#N)N1C)OCO2. The first-order chi connectivity index (χ1) is 55.3. The Kier molecular flexibility index (Phi) is 19.8. The lowest BCUT2D eigenvalue weighted by molar-refractivity contribution is -0.158. The number of carbonyl (C=O) groups excluding carboxylic acids is 3. The smallest absolute Gasteiger partial charge is 0.504 e. The van der Waals surface area contributed by atoms with Gasteiger partial charge in [-0.2, -0.15) is 10.5 Å². The third-order valence-electron chi connectivity index (χ3n) is 25.5. The first-order valence-electron chi connectivity index (χ1n) is 39.1. The van der Waals surface area contributed by atoms with Crippen LogP contribution < -0.4 is 62.7 Å². The van der Waals surface area contributed by atoms with Gasteiger partial charge in [0.05, 0.1) is 88.5 Å². The standard InChI is InChI=1S/C45H52N4O11S.C40H44N4O9S/c1-10-55-38-22(3)39-40(58-20-57-39)32-28-18-56-42(51)45(25-16-29(53-8)30(15-23(25)11-12-47-45)59-43(52)60-44(4,5)6)19-61-41(33(32)38)35-34-31-24(13-21(2)37(54-9)36(31)50)14-26(48(34)7)27(17-46)49(28)35;1-7-50-35-19(3)36-37(53-17-52-36)29-25-15-51-39(47)40(22-13-27(48-5)26(45)12-20(22)8-9-42-40)16-54-38(30(29)35)32-31-28-21(10-18(2)34(49-6)33(28)46)11-23(43(31)4)24(14-41)44(25)32/h13,15-16,26-28,34-35,41,47,50H,10-12,14,18-20H2,1-9H3;10,12-13,23-25,31-32,38,42,45-46H,7-9,11,15-17H2,1-6H3/t26-,27-,28-,34+,35?,41+,45+;23-,24-,25-,31+,32?,38+,40+/m00/s1. The molecule has 30 heteroatoms. The number of nitrogens with zero attached hydrogens (tertiary/aromatic N) is 6. The number of carbonyl (C=O) groups is 3. The first-order valence-corrected chi connectivity index (χ1v) is 41.2. The summed E-state index contributed by atoms with van der Waals surface area (Å²) >= 11 is 3.15. The molecule has 6 aromatic carbocycles. The van der Waals surface area contributed by atoms with Crippen molar-refractivity contribution in [2.45, 2.75) is 176 Å². The monoisotopic (exact) mass is 1610 g/mol. The van der Waals surface area contributed by atoms with Gasteiger partial charge in [-0.05, 0) is 171 Å². The Balaban J connectivity index is 0.000000167. The van der Waals surface area contributed by atoms with Crippen LogP contribution in [0.4, 0.5) is 4.79 Å². The molecular weight excluding hydrogens is 1520 g/mol. The van der Waals surface area contributed by atoms with Crippen molar-refractivity contribution in [2.75, 3.05) is 107 Å². The van der Waals surface area contributed by atoms with E-state index in [1.54, 1.807) is 82.8 Å². The molecule has 6 aromatic rings. The van der Waals surface area contributed by atoms with E-state index in [4.69, 9.17) is 66.3 Å². The van der Waals surface area contributed by atoms with E-state index in [9.17, 15) is 35.4 Å². The topological polar surface area (TPSA) is 326 Å². The summed E-state index contributed by atoms with van der Waals surface area (Å²) in [5, 5.41) is 63.6. The van der Waals surface area contributed by atoms with Crippen LogP contribution in [0.15, 0.2) is 36.4 Å². The number of phenolic OH excluding ortho intramolecular Hbond substituents is 3. The number of piperazine rings is 2. The van der Waals surface area contributed by atoms with Crippen molar-refractivity contribution in [1.82, 2.24) is 30.2 Å². The summed E-state index contributed by atoms with van der Waals surface area (Å²) in [5.74, 6) is 4.81. The van der Waals surface area contributed by atoms with E-state index in [1.165, 1.54) is 14.2 Å². The molecule has 2 unspecified atom stereocenters. The van der Waals surface area contributed by atoms with Crippen LogP contribution in [0.5, 0.6) is 80.5 Å². The zero-order valence-corrected chi connectivity index (χ0v) is 68.7. The molecule has 4 fully saturated rings. The van der Waals surface area contributed by atoms with E-state index in [2.05, 4.69) is 54.5 Å². The summed E-state index contributed by atoms with van der Waals surface area (Å²) in [6, 6.07) is 11.7. The number of esters is 2. The molecule has 115 heavy (non-hydrogen) atoms. The Hall–Kier alpha value is -9.63. The number of thioether (sulfide) groups is 2. The average molecular weight is 1610 g/mol. The molecule has 608 valence electrons. The van der Waals surface area contributed by atoms with E-state index in [-0.39, 0.29) is 90.9 Å².